The second-order valence-electron chi connectivity index (χ2n) is 28.3. The maximum atomic E-state index is 2.79. The van der Waals surface area contributed by atoms with Gasteiger partial charge < -0.3 is 14.7 Å². The minimum Gasteiger partial charge on any atom is -0.311 e. The van der Waals surface area contributed by atoms with Crippen LogP contribution in [0.1, 0.15) is 156 Å². The van der Waals surface area contributed by atoms with Crippen molar-refractivity contribution >= 4 is 95.0 Å². The molecule has 0 bridgehead atoms. The number of hydrogen-bond acceptors (Lipinski definition) is 4. The van der Waals surface area contributed by atoms with E-state index in [1.54, 1.807) is 0 Å². The van der Waals surface area contributed by atoms with Crippen LogP contribution in [0.5, 0.6) is 0 Å². The lowest BCUT2D eigenvalue weighted by atomic mass is 9.35. The van der Waals surface area contributed by atoms with Gasteiger partial charge in [-0.3, -0.25) is 0 Å². The average Bonchev–Trinajstić information content (AvgIpc) is 3.36. The van der Waals surface area contributed by atoms with Crippen molar-refractivity contribution in [3.05, 3.63) is 203 Å². The number of rotatable bonds is 6. The van der Waals surface area contributed by atoms with E-state index in [-0.39, 0.29) is 39.2 Å². The molecule has 2 aliphatic carbocycles. The molecule has 5 heteroatoms. The summed E-state index contributed by atoms with van der Waals surface area (Å²) >= 11 is 2.01. The second-order valence-corrected chi connectivity index (χ2v) is 29.4. The molecule has 0 saturated heterocycles. The van der Waals surface area contributed by atoms with Crippen LogP contribution < -0.4 is 30.4 Å². The van der Waals surface area contributed by atoms with Crippen molar-refractivity contribution in [3.63, 3.8) is 0 Å². The molecule has 3 heterocycles. The molecule has 0 N–H and O–H groups in total. The number of nitrogens with zero attached hydrogens (tertiary/aromatic N) is 3. The fraction of sp³-hybridized carbons (Fsp3) is 0.324. The molecule has 0 spiro atoms. The Morgan fingerprint density at radius 3 is 1.61 bits per heavy atom. The molecular weight excluding hydrogens is 974 g/mol. The van der Waals surface area contributed by atoms with Crippen LogP contribution in [0.15, 0.2) is 170 Å². The van der Waals surface area contributed by atoms with Gasteiger partial charge in [-0.1, -0.05) is 194 Å². The van der Waals surface area contributed by atoms with Crippen molar-refractivity contribution < 1.29 is 0 Å². The van der Waals surface area contributed by atoms with Crippen LogP contribution in [0.2, 0.25) is 0 Å². The van der Waals surface area contributed by atoms with Crippen molar-refractivity contribution in [2.45, 2.75) is 155 Å². The van der Waals surface area contributed by atoms with E-state index in [4.69, 9.17) is 0 Å². The molecule has 4 aliphatic rings. The Bertz CT molecular complexity index is 3850. The fourth-order valence-corrected chi connectivity index (χ4v) is 15.5. The molecule has 9 aromatic rings. The van der Waals surface area contributed by atoms with Crippen molar-refractivity contribution in [1.82, 2.24) is 0 Å². The molecular formula is C74H78BN3S. The number of fused-ring (bicyclic) bond motifs is 9. The van der Waals surface area contributed by atoms with Gasteiger partial charge in [0.1, 0.15) is 0 Å². The molecule has 13 rings (SSSR count). The molecule has 0 saturated carbocycles. The molecule has 0 amide bonds. The van der Waals surface area contributed by atoms with Gasteiger partial charge in [0.05, 0.1) is 17.1 Å². The largest absolute Gasteiger partial charge is 0.311 e. The van der Waals surface area contributed by atoms with Crippen molar-refractivity contribution in [3.8, 4) is 11.1 Å². The predicted molar refractivity (Wildman–Crippen MR) is 344 cm³/mol. The van der Waals surface area contributed by atoms with Gasteiger partial charge in [0.25, 0.3) is 6.71 Å². The van der Waals surface area contributed by atoms with Gasteiger partial charge in [0.15, 0.2) is 0 Å². The average molecular weight is 1050 g/mol. The first-order valence-corrected chi connectivity index (χ1v) is 30.0. The highest BCUT2D eigenvalue weighted by molar-refractivity contribution is 7.33. The van der Waals surface area contributed by atoms with Crippen LogP contribution >= 0.6 is 11.3 Å². The SMILES string of the molecule is CC(C)(C)c1ccc(N2c3cc(N(c4ccccc4)c4ccccc4)cc4c3B(c3ccc5c(c3N4c3ccc4c(c3)C(C)(C)CCC4(C)C)C(C)(C)CCC5(C)C)c3sc4ccc(C(C)(C)C)cc4c32)c(-c2ccccc2)c1. The standard InChI is InChI=1S/C74H78BN3S/c1-69(2,3)48-30-36-60(54(42-48)47-24-18-15-19-25-47)78-62-46-53(76(50-26-20-16-21-27-50)51-28-22-17-23-29-51)45-61-65(62)75(68-66(78)55-43-49(70(4,5)6)31-37-63(55)79-68)59-35-34-57-64(74(13,14)41-40-72(57,9)10)67(59)77(61)52-32-33-56-58(44-52)73(11,12)39-38-71(56,7)8/h15-37,42-46H,38-41H2,1-14H3. The zero-order valence-electron chi connectivity index (χ0n) is 49.3. The smallest absolute Gasteiger partial charge is 0.264 e. The lowest BCUT2D eigenvalue weighted by Crippen LogP contribution is -2.61. The second kappa shape index (κ2) is 17.8. The Labute approximate surface area is 476 Å². The highest BCUT2D eigenvalue weighted by atomic mass is 32.1. The van der Waals surface area contributed by atoms with Gasteiger partial charge in [0.2, 0.25) is 0 Å². The Balaban J connectivity index is 1.24. The van der Waals surface area contributed by atoms with E-state index in [2.05, 4.69) is 281 Å². The third-order valence-corrected chi connectivity index (χ3v) is 20.3. The molecule has 0 atom stereocenters. The van der Waals surface area contributed by atoms with Crippen molar-refractivity contribution in [2.24, 2.45) is 0 Å². The maximum absolute atomic E-state index is 2.79. The molecule has 79 heavy (non-hydrogen) atoms. The van der Waals surface area contributed by atoms with Crippen LogP contribution in [-0.4, -0.2) is 6.71 Å². The third-order valence-electron chi connectivity index (χ3n) is 19.0. The van der Waals surface area contributed by atoms with Gasteiger partial charge in [0, 0.05) is 54.6 Å². The normalized spacial score (nSPS) is 17.4. The zero-order valence-corrected chi connectivity index (χ0v) is 50.1. The molecule has 3 nitrogen and oxygen atoms in total. The first kappa shape index (κ1) is 51.6. The summed E-state index contributed by atoms with van der Waals surface area (Å²) in [5.74, 6) is 0. The summed E-state index contributed by atoms with van der Waals surface area (Å²) in [6.07, 6.45) is 4.59. The monoisotopic (exact) mass is 1050 g/mol. The molecule has 1 aromatic heterocycles. The Morgan fingerprint density at radius 2 is 0.987 bits per heavy atom. The van der Waals surface area contributed by atoms with Crippen molar-refractivity contribution in [2.75, 3.05) is 14.7 Å². The summed E-state index contributed by atoms with van der Waals surface area (Å²) < 4.78 is 2.73. The summed E-state index contributed by atoms with van der Waals surface area (Å²) in [7, 11) is 0. The molecule has 398 valence electrons. The lowest BCUT2D eigenvalue weighted by Gasteiger charge is -2.50. The molecule has 0 fully saturated rings. The van der Waals surface area contributed by atoms with Gasteiger partial charge in [-0.2, -0.15) is 0 Å². The summed E-state index contributed by atoms with van der Waals surface area (Å²) in [4.78, 5) is 8.02. The van der Waals surface area contributed by atoms with E-state index in [0.717, 1.165) is 36.3 Å². The molecule has 0 radical (unpaired) electrons. The number of anilines is 9. The van der Waals surface area contributed by atoms with Crippen LogP contribution in [0.4, 0.5) is 51.2 Å². The van der Waals surface area contributed by atoms with Gasteiger partial charge >= 0.3 is 0 Å². The number of thiophene rings is 1. The van der Waals surface area contributed by atoms with E-state index in [0.29, 0.717) is 0 Å². The third kappa shape index (κ3) is 8.25. The van der Waals surface area contributed by atoms with Crippen LogP contribution in [0, 0.1) is 0 Å². The number of para-hydroxylation sites is 2. The maximum Gasteiger partial charge on any atom is 0.264 e. The first-order valence-electron chi connectivity index (χ1n) is 29.2. The number of hydrogen-bond donors (Lipinski definition) is 0. The van der Waals surface area contributed by atoms with Crippen LogP contribution in [0.25, 0.3) is 21.2 Å². The molecule has 0 unspecified atom stereocenters. The zero-order chi connectivity index (χ0) is 55.3. The first-order chi connectivity index (χ1) is 37.4. The highest BCUT2D eigenvalue weighted by Gasteiger charge is 2.50. The topological polar surface area (TPSA) is 9.72 Å². The molecule has 8 aromatic carbocycles. The summed E-state index contributed by atoms with van der Waals surface area (Å²) in [6.45, 7) is 34.0. The predicted octanol–water partition coefficient (Wildman–Crippen LogP) is 19.4. The summed E-state index contributed by atoms with van der Waals surface area (Å²) in [6, 6.07) is 66.0. The Kier molecular flexibility index (Phi) is 11.7. The van der Waals surface area contributed by atoms with E-state index >= 15 is 0 Å². The summed E-state index contributed by atoms with van der Waals surface area (Å²) in [5, 5.41) is 1.31. The summed E-state index contributed by atoms with van der Waals surface area (Å²) in [5.41, 5.74) is 24.6. The van der Waals surface area contributed by atoms with E-state index in [1.807, 2.05) is 11.3 Å². The van der Waals surface area contributed by atoms with E-state index in [1.165, 1.54) is 111 Å². The lowest BCUT2D eigenvalue weighted by molar-refractivity contribution is 0.331. The van der Waals surface area contributed by atoms with Crippen molar-refractivity contribution in [1.29, 1.82) is 0 Å². The van der Waals surface area contributed by atoms with Gasteiger partial charge in [-0.05, 0) is 181 Å². The fourth-order valence-electron chi connectivity index (χ4n) is 14.2. The van der Waals surface area contributed by atoms with Crippen LogP contribution in [-0.2, 0) is 32.5 Å². The minimum atomic E-state index is -0.0906. The molecule has 2 aliphatic heterocycles. The van der Waals surface area contributed by atoms with E-state index in [9.17, 15) is 0 Å². The Hall–Kier alpha value is -6.82. The Morgan fingerprint density at radius 1 is 0.456 bits per heavy atom. The minimum absolute atomic E-state index is 0.000669. The van der Waals surface area contributed by atoms with E-state index < -0.39 is 0 Å². The van der Waals surface area contributed by atoms with Gasteiger partial charge in [-0.15, -0.1) is 11.3 Å². The van der Waals surface area contributed by atoms with Gasteiger partial charge in [-0.25, -0.2) is 0 Å². The highest BCUT2D eigenvalue weighted by Crippen LogP contribution is 2.58. The van der Waals surface area contributed by atoms with Crippen LogP contribution in [0.3, 0.4) is 0 Å². The quantitative estimate of drug-likeness (QED) is 0.154. The number of benzene rings is 8.